The fourth-order valence-corrected chi connectivity index (χ4v) is 2.33. The summed E-state index contributed by atoms with van der Waals surface area (Å²) in [6.07, 6.45) is 10.5. The second-order valence-electron chi connectivity index (χ2n) is 5.16. The van der Waals surface area contributed by atoms with E-state index in [1.165, 1.54) is 25.7 Å². The molecule has 3 nitrogen and oxygen atoms in total. The topological polar surface area (TPSA) is 41.1 Å². The zero-order valence-electron chi connectivity index (χ0n) is 9.88. The maximum Gasteiger partial charge on any atom is 0.237 e. The number of rotatable bonds is 6. The SMILES string of the molecule is C#CCNC(=O)C(C)NCC1(C2CC2)CC1. The molecule has 0 radical (unpaired) electrons. The van der Waals surface area contributed by atoms with E-state index in [9.17, 15) is 4.79 Å². The highest BCUT2D eigenvalue weighted by molar-refractivity contribution is 5.81. The van der Waals surface area contributed by atoms with Crippen molar-refractivity contribution in [3.63, 3.8) is 0 Å². The van der Waals surface area contributed by atoms with Gasteiger partial charge in [-0.3, -0.25) is 4.79 Å². The molecule has 2 rings (SSSR count). The molecule has 0 aromatic heterocycles. The Morgan fingerprint density at radius 3 is 2.75 bits per heavy atom. The second-order valence-corrected chi connectivity index (χ2v) is 5.16. The molecular weight excluding hydrogens is 200 g/mol. The molecule has 1 unspecified atom stereocenters. The van der Waals surface area contributed by atoms with E-state index in [4.69, 9.17) is 6.42 Å². The number of terminal acetylenes is 1. The van der Waals surface area contributed by atoms with E-state index in [1.54, 1.807) is 0 Å². The third-order valence-corrected chi connectivity index (χ3v) is 3.85. The monoisotopic (exact) mass is 220 g/mol. The molecule has 16 heavy (non-hydrogen) atoms. The molecule has 2 N–H and O–H groups in total. The lowest BCUT2D eigenvalue weighted by atomic mass is 10.0. The zero-order chi connectivity index (χ0) is 11.6. The molecule has 1 atom stereocenters. The maximum atomic E-state index is 11.6. The Balaban J connectivity index is 1.69. The molecule has 2 saturated carbocycles. The van der Waals surface area contributed by atoms with Gasteiger partial charge in [-0.25, -0.2) is 0 Å². The van der Waals surface area contributed by atoms with Crippen LogP contribution in [-0.4, -0.2) is 25.0 Å². The molecule has 1 amide bonds. The number of amides is 1. The first-order valence-electron chi connectivity index (χ1n) is 6.12. The summed E-state index contributed by atoms with van der Waals surface area (Å²) in [7, 11) is 0. The van der Waals surface area contributed by atoms with Gasteiger partial charge in [-0.1, -0.05) is 5.92 Å². The minimum atomic E-state index is -0.135. The molecule has 88 valence electrons. The van der Waals surface area contributed by atoms with Gasteiger partial charge in [0.25, 0.3) is 0 Å². The van der Waals surface area contributed by atoms with E-state index < -0.39 is 0 Å². The number of hydrogen-bond acceptors (Lipinski definition) is 2. The van der Waals surface area contributed by atoms with Gasteiger partial charge in [0.15, 0.2) is 0 Å². The molecule has 0 bridgehead atoms. The van der Waals surface area contributed by atoms with Crippen LogP contribution in [0.2, 0.25) is 0 Å². The predicted molar refractivity (Wildman–Crippen MR) is 63.7 cm³/mol. The van der Waals surface area contributed by atoms with Crippen LogP contribution in [0.15, 0.2) is 0 Å². The molecule has 2 aliphatic rings. The summed E-state index contributed by atoms with van der Waals surface area (Å²) in [6.45, 7) is 3.20. The fraction of sp³-hybridized carbons (Fsp3) is 0.769. The maximum absolute atomic E-state index is 11.6. The van der Waals surface area contributed by atoms with Crippen molar-refractivity contribution < 1.29 is 4.79 Å². The van der Waals surface area contributed by atoms with Gasteiger partial charge in [-0.05, 0) is 43.9 Å². The van der Waals surface area contributed by atoms with E-state index in [1.807, 2.05) is 6.92 Å². The first kappa shape index (κ1) is 11.5. The van der Waals surface area contributed by atoms with Gasteiger partial charge in [-0.15, -0.1) is 6.42 Å². The first-order valence-corrected chi connectivity index (χ1v) is 6.12. The third kappa shape index (κ3) is 2.56. The highest BCUT2D eigenvalue weighted by atomic mass is 16.2. The standard InChI is InChI=1S/C13H20N2O/c1-3-8-14-12(16)10(2)15-9-13(6-7-13)11-4-5-11/h1,10-11,15H,4-9H2,2H3,(H,14,16). The van der Waals surface area contributed by atoms with E-state index in [0.29, 0.717) is 12.0 Å². The number of nitrogens with one attached hydrogen (secondary N) is 2. The van der Waals surface area contributed by atoms with E-state index in [2.05, 4.69) is 16.6 Å². The fourth-order valence-electron chi connectivity index (χ4n) is 2.33. The Bertz CT molecular complexity index is 310. The minimum absolute atomic E-state index is 0.00421. The molecule has 0 aliphatic heterocycles. The largest absolute Gasteiger partial charge is 0.344 e. The van der Waals surface area contributed by atoms with Gasteiger partial charge < -0.3 is 10.6 Å². The van der Waals surface area contributed by atoms with Crippen molar-refractivity contribution in [3.8, 4) is 12.3 Å². The third-order valence-electron chi connectivity index (χ3n) is 3.85. The van der Waals surface area contributed by atoms with E-state index in [0.717, 1.165) is 12.5 Å². The van der Waals surface area contributed by atoms with Gasteiger partial charge >= 0.3 is 0 Å². The lowest BCUT2D eigenvalue weighted by Gasteiger charge is -2.19. The predicted octanol–water partition coefficient (Wildman–Crippen LogP) is 0.904. The van der Waals surface area contributed by atoms with Crippen LogP contribution in [0, 0.1) is 23.7 Å². The Morgan fingerprint density at radius 2 is 2.25 bits per heavy atom. The van der Waals surface area contributed by atoms with Crippen molar-refractivity contribution >= 4 is 5.91 Å². The first-order chi connectivity index (χ1) is 7.68. The van der Waals surface area contributed by atoms with Gasteiger partial charge in [0.05, 0.1) is 12.6 Å². The van der Waals surface area contributed by atoms with Gasteiger partial charge in [0.2, 0.25) is 5.91 Å². The zero-order valence-corrected chi connectivity index (χ0v) is 9.88. The van der Waals surface area contributed by atoms with Crippen LogP contribution in [0.5, 0.6) is 0 Å². The van der Waals surface area contributed by atoms with E-state index in [-0.39, 0.29) is 11.9 Å². The summed E-state index contributed by atoms with van der Waals surface area (Å²) in [5.74, 6) is 3.34. The van der Waals surface area contributed by atoms with Crippen LogP contribution in [0.1, 0.15) is 32.6 Å². The average Bonchev–Trinajstić information content (AvgIpc) is 3.14. The lowest BCUT2D eigenvalue weighted by Crippen LogP contribution is -2.44. The molecule has 0 aromatic carbocycles. The summed E-state index contributed by atoms with van der Waals surface area (Å²) >= 11 is 0. The highest BCUT2D eigenvalue weighted by Crippen LogP contribution is 2.60. The van der Waals surface area contributed by atoms with Gasteiger partial charge in [0.1, 0.15) is 0 Å². The number of hydrogen-bond donors (Lipinski definition) is 2. The van der Waals surface area contributed by atoms with Crippen molar-refractivity contribution in [2.24, 2.45) is 11.3 Å². The molecule has 0 heterocycles. The molecule has 2 aliphatic carbocycles. The lowest BCUT2D eigenvalue weighted by molar-refractivity contribution is -0.122. The normalized spacial score (nSPS) is 23.2. The minimum Gasteiger partial charge on any atom is -0.344 e. The molecule has 0 saturated heterocycles. The van der Waals surface area contributed by atoms with Crippen molar-refractivity contribution in [3.05, 3.63) is 0 Å². The molecular formula is C13H20N2O. The van der Waals surface area contributed by atoms with Gasteiger partial charge in [-0.2, -0.15) is 0 Å². The quantitative estimate of drug-likeness (QED) is 0.653. The number of carbonyl (C=O) groups is 1. The Morgan fingerprint density at radius 1 is 1.56 bits per heavy atom. The Labute approximate surface area is 97.4 Å². The van der Waals surface area contributed by atoms with Crippen molar-refractivity contribution in [1.82, 2.24) is 10.6 Å². The van der Waals surface area contributed by atoms with Crippen LogP contribution >= 0.6 is 0 Å². The van der Waals surface area contributed by atoms with Crippen molar-refractivity contribution in [1.29, 1.82) is 0 Å². The van der Waals surface area contributed by atoms with Crippen LogP contribution in [0.3, 0.4) is 0 Å². The highest BCUT2D eigenvalue weighted by Gasteiger charge is 2.53. The average molecular weight is 220 g/mol. The van der Waals surface area contributed by atoms with Crippen molar-refractivity contribution in [2.45, 2.75) is 38.6 Å². The summed E-state index contributed by atoms with van der Waals surface area (Å²) in [5, 5.41) is 6.03. The Kier molecular flexibility index (Phi) is 3.20. The van der Waals surface area contributed by atoms with Crippen LogP contribution < -0.4 is 10.6 Å². The number of carbonyl (C=O) groups excluding carboxylic acids is 1. The Hall–Kier alpha value is -1.01. The summed E-state index contributed by atoms with van der Waals surface area (Å²) < 4.78 is 0. The van der Waals surface area contributed by atoms with Crippen LogP contribution in [0.4, 0.5) is 0 Å². The van der Waals surface area contributed by atoms with Crippen LogP contribution in [-0.2, 0) is 4.79 Å². The molecule has 3 heteroatoms. The summed E-state index contributed by atoms with van der Waals surface area (Å²) in [6, 6.07) is -0.135. The smallest absolute Gasteiger partial charge is 0.237 e. The summed E-state index contributed by atoms with van der Waals surface area (Å²) in [5.41, 5.74) is 0.542. The molecule has 0 spiro atoms. The van der Waals surface area contributed by atoms with Crippen LogP contribution in [0.25, 0.3) is 0 Å². The van der Waals surface area contributed by atoms with E-state index >= 15 is 0 Å². The molecule has 0 aromatic rings. The second kappa shape index (κ2) is 4.47. The van der Waals surface area contributed by atoms with Gasteiger partial charge in [0, 0.05) is 6.54 Å². The molecule has 2 fully saturated rings. The van der Waals surface area contributed by atoms with Crippen molar-refractivity contribution in [2.75, 3.05) is 13.1 Å². The summed E-state index contributed by atoms with van der Waals surface area (Å²) in [4.78, 5) is 11.6.